The van der Waals surface area contributed by atoms with Crippen molar-refractivity contribution in [3.05, 3.63) is 35.0 Å². The van der Waals surface area contributed by atoms with Gasteiger partial charge in [-0.2, -0.15) is 0 Å². The standard InChI is InChI=1S/C9H5N3OS/c13-9-7-6(10-4-11-9)3-5-1-2-12-14-8(5)7/h1-4H,(H,10,11,13). The normalized spacial score (nSPS) is 11.1. The molecule has 1 aliphatic heterocycles. The molecule has 1 aliphatic carbocycles. The Labute approximate surface area is 82.8 Å². The van der Waals surface area contributed by atoms with Crippen LogP contribution in [0.15, 0.2) is 29.5 Å². The van der Waals surface area contributed by atoms with Crippen LogP contribution < -0.4 is 5.56 Å². The molecule has 0 saturated heterocycles. The fourth-order valence-electron chi connectivity index (χ4n) is 1.52. The predicted molar refractivity (Wildman–Crippen MR) is 54.7 cm³/mol. The molecule has 1 N–H and O–H groups in total. The Kier molecular flexibility index (Phi) is 1.43. The number of nitrogens with one attached hydrogen (secondary N) is 1. The third-order valence-electron chi connectivity index (χ3n) is 2.12. The molecule has 2 heterocycles. The number of hydrogen-bond acceptors (Lipinski definition) is 4. The van der Waals surface area contributed by atoms with E-state index in [9.17, 15) is 4.79 Å². The maximum atomic E-state index is 11.5. The summed E-state index contributed by atoms with van der Waals surface area (Å²) in [5.74, 6) is 0. The van der Waals surface area contributed by atoms with Gasteiger partial charge in [-0.25, -0.2) is 9.36 Å². The van der Waals surface area contributed by atoms with Gasteiger partial charge < -0.3 is 4.98 Å². The number of hydrogen-bond donors (Lipinski definition) is 1. The smallest absolute Gasteiger partial charge is 0.260 e. The van der Waals surface area contributed by atoms with Crippen LogP contribution >= 0.6 is 11.5 Å². The van der Waals surface area contributed by atoms with E-state index in [2.05, 4.69) is 14.3 Å². The van der Waals surface area contributed by atoms with E-state index in [0.29, 0.717) is 5.39 Å². The van der Waals surface area contributed by atoms with E-state index in [4.69, 9.17) is 0 Å². The van der Waals surface area contributed by atoms with Crippen LogP contribution in [0.25, 0.3) is 21.3 Å². The zero-order chi connectivity index (χ0) is 9.54. The quantitative estimate of drug-likeness (QED) is 0.602. The van der Waals surface area contributed by atoms with Gasteiger partial charge in [-0.3, -0.25) is 4.79 Å². The van der Waals surface area contributed by atoms with Gasteiger partial charge in [-0.15, -0.1) is 0 Å². The molecule has 0 unspecified atom stereocenters. The lowest BCUT2D eigenvalue weighted by molar-refractivity contribution is 1.18. The van der Waals surface area contributed by atoms with Gasteiger partial charge in [-0.1, -0.05) is 0 Å². The Bertz CT molecular complexity index is 627. The zero-order valence-electron chi connectivity index (χ0n) is 7.02. The third-order valence-corrected chi connectivity index (χ3v) is 2.97. The van der Waals surface area contributed by atoms with Crippen molar-refractivity contribution in [2.45, 2.75) is 0 Å². The number of aromatic nitrogens is 3. The molecule has 0 spiro atoms. The summed E-state index contributed by atoms with van der Waals surface area (Å²) in [7, 11) is 0. The summed E-state index contributed by atoms with van der Waals surface area (Å²) in [5, 5.41) is 0.639. The fourth-order valence-corrected chi connectivity index (χ4v) is 2.26. The molecule has 1 aromatic heterocycles. The van der Waals surface area contributed by atoms with Crippen molar-refractivity contribution in [2.75, 3.05) is 0 Å². The Morgan fingerprint density at radius 3 is 3.29 bits per heavy atom. The first-order valence-electron chi connectivity index (χ1n) is 4.07. The highest BCUT2D eigenvalue weighted by molar-refractivity contribution is 7.10. The number of H-pyrrole nitrogens is 1. The average molecular weight is 203 g/mol. The Balaban J connectivity index is 2.64. The number of rotatable bonds is 0. The second-order valence-corrected chi connectivity index (χ2v) is 3.73. The van der Waals surface area contributed by atoms with Gasteiger partial charge in [0.15, 0.2) is 0 Å². The minimum atomic E-state index is -0.103. The lowest BCUT2D eigenvalue weighted by atomic mass is 10.3. The molecule has 0 radical (unpaired) electrons. The van der Waals surface area contributed by atoms with Gasteiger partial charge in [0, 0.05) is 6.20 Å². The molecule has 0 saturated carbocycles. The van der Waals surface area contributed by atoms with Crippen LogP contribution in [0.2, 0.25) is 0 Å². The summed E-state index contributed by atoms with van der Waals surface area (Å²) < 4.78 is 4.04. The van der Waals surface area contributed by atoms with Crippen LogP contribution in [0, 0.1) is 0 Å². The average Bonchev–Trinajstić information content (AvgIpc) is 2.57. The van der Waals surface area contributed by atoms with Crippen molar-refractivity contribution >= 4 is 22.4 Å². The maximum Gasteiger partial charge on any atom is 0.260 e. The van der Waals surface area contributed by atoms with Gasteiger partial charge >= 0.3 is 0 Å². The molecule has 0 fully saturated rings. The van der Waals surface area contributed by atoms with E-state index in [1.807, 2.05) is 12.1 Å². The summed E-state index contributed by atoms with van der Waals surface area (Å²) in [5.41, 5.74) is 1.64. The lowest BCUT2D eigenvalue weighted by Crippen LogP contribution is -2.04. The van der Waals surface area contributed by atoms with Crippen LogP contribution in [0.1, 0.15) is 0 Å². The topological polar surface area (TPSA) is 58.6 Å². The summed E-state index contributed by atoms with van der Waals surface area (Å²) in [6.45, 7) is 0. The maximum absolute atomic E-state index is 11.5. The van der Waals surface area contributed by atoms with Crippen molar-refractivity contribution in [2.24, 2.45) is 0 Å². The fraction of sp³-hybridized carbons (Fsp3) is 0. The molecule has 4 nitrogen and oxygen atoms in total. The lowest BCUT2D eigenvalue weighted by Gasteiger charge is -1.92. The molecule has 1 aromatic rings. The van der Waals surface area contributed by atoms with Gasteiger partial charge in [0.05, 0.1) is 22.1 Å². The summed E-state index contributed by atoms with van der Waals surface area (Å²) in [6.07, 6.45) is 3.14. The molecule has 2 aliphatic rings. The van der Waals surface area contributed by atoms with Crippen LogP contribution in [0.5, 0.6) is 0 Å². The molecule has 0 amide bonds. The van der Waals surface area contributed by atoms with Gasteiger partial charge in [-0.05, 0) is 29.2 Å². The van der Waals surface area contributed by atoms with E-state index in [-0.39, 0.29) is 5.56 Å². The van der Waals surface area contributed by atoms with Crippen molar-refractivity contribution in [1.82, 2.24) is 14.3 Å². The van der Waals surface area contributed by atoms with Gasteiger partial charge in [0.2, 0.25) is 0 Å². The highest BCUT2D eigenvalue weighted by Gasteiger charge is 2.13. The third kappa shape index (κ3) is 0.898. The van der Waals surface area contributed by atoms with Crippen molar-refractivity contribution < 1.29 is 0 Å². The van der Waals surface area contributed by atoms with Gasteiger partial charge in [0.25, 0.3) is 5.56 Å². The second-order valence-electron chi connectivity index (χ2n) is 2.93. The number of fused-ring (bicyclic) bond motifs is 3. The molecule has 14 heavy (non-hydrogen) atoms. The highest BCUT2D eigenvalue weighted by atomic mass is 32.1. The Morgan fingerprint density at radius 1 is 1.43 bits per heavy atom. The van der Waals surface area contributed by atoms with Crippen LogP contribution in [-0.4, -0.2) is 14.3 Å². The molecule has 5 heteroatoms. The molecular weight excluding hydrogens is 198 g/mol. The minimum Gasteiger partial charge on any atom is -0.313 e. The van der Waals surface area contributed by atoms with Gasteiger partial charge in [0.1, 0.15) is 0 Å². The summed E-state index contributed by atoms with van der Waals surface area (Å²) in [4.78, 5) is 19.1. The minimum absolute atomic E-state index is 0.103. The van der Waals surface area contributed by atoms with Crippen LogP contribution in [-0.2, 0) is 0 Å². The molecule has 0 aromatic carbocycles. The van der Waals surface area contributed by atoms with E-state index in [0.717, 1.165) is 16.0 Å². The highest BCUT2D eigenvalue weighted by Crippen LogP contribution is 2.32. The van der Waals surface area contributed by atoms with E-state index >= 15 is 0 Å². The van der Waals surface area contributed by atoms with Crippen molar-refractivity contribution in [3.8, 4) is 10.4 Å². The molecule has 0 bridgehead atoms. The first-order chi connectivity index (χ1) is 6.86. The second kappa shape index (κ2) is 2.62. The SMILES string of the molecule is O=c1[nH]cnc2cc3ccnsc-3c12. The van der Waals surface area contributed by atoms with E-state index < -0.39 is 0 Å². The van der Waals surface area contributed by atoms with Crippen molar-refractivity contribution in [1.29, 1.82) is 0 Å². The Morgan fingerprint density at radius 2 is 2.36 bits per heavy atom. The van der Waals surface area contributed by atoms with Crippen LogP contribution in [0.4, 0.5) is 0 Å². The molecular formula is C9H5N3OS. The summed E-state index contributed by atoms with van der Waals surface area (Å²) >= 11 is 1.32. The first-order valence-corrected chi connectivity index (χ1v) is 4.84. The zero-order valence-corrected chi connectivity index (χ0v) is 7.84. The monoisotopic (exact) mass is 203 g/mol. The predicted octanol–water partition coefficient (Wildman–Crippen LogP) is 1.48. The number of nitrogens with zero attached hydrogens (tertiary/aromatic N) is 2. The van der Waals surface area contributed by atoms with E-state index in [1.165, 1.54) is 17.9 Å². The first kappa shape index (κ1) is 7.64. The largest absolute Gasteiger partial charge is 0.313 e. The number of aromatic amines is 1. The van der Waals surface area contributed by atoms with Crippen LogP contribution in [0.3, 0.4) is 0 Å². The molecule has 68 valence electrons. The molecule has 0 atom stereocenters. The van der Waals surface area contributed by atoms with E-state index in [1.54, 1.807) is 6.20 Å². The summed E-state index contributed by atoms with van der Waals surface area (Å²) in [6, 6.07) is 3.78. The van der Waals surface area contributed by atoms with Crippen molar-refractivity contribution in [3.63, 3.8) is 0 Å². The molecule has 3 rings (SSSR count). The Hall–Kier alpha value is -1.75.